The van der Waals surface area contributed by atoms with Gasteiger partial charge in [0.25, 0.3) is 0 Å². The Morgan fingerprint density at radius 1 is 1.43 bits per heavy atom. The van der Waals surface area contributed by atoms with E-state index in [1.165, 1.54) is 0 Å². The summed E-state index contributed by atoms with van der Waals surface area (Å²) in [5.74, 6) is 0.421. The summed E-state index contributed by atoms with van der Waals surface area (Å²) in [5.41, 5.74) is 7.89. The number of aromatic nitrogens is 2. The number of benzene rings is 1. The summed E-state index contributed by atoms with van der Waals surface area (Å²) in [4.78, 5) is 8.33. The lowest BCUT2D eigenvalue weighted by atomic mass is 10.2. The number of methoxy groups -OCH3 is 1. The zero-order chi connectivity index (χ0) is 14.9. The molecule has 0 fully saturated rings. The van der Waals surface area contributed by atoms with Crippen molar-refractivity contribution in [3.63, 3.8) is 0 Å². The van der Waals surface area contributed by atoms with Crippen LogP contribution in [0.2, 0.25) is 0 Å². The average Bonchev–Trinajstić information content (AvgIpc) is 2.99. The van der Waals surface area contributed by atoms with E-state index in [0.29, 0.717) is 19.1 Å². The number of para-hydroxylation sites is 1. The highest BCUT2D eigenvalue weighted by molar-refractivity contribution is 5.92. The van der Waals surface area contributed by atoms with Crippen molar-refractivity contribution in [3.8, 4) is 0 Å². The fourth-order valence-corrected chi connectivity index (χ4v) is 1.97. The van der Waals surface area contributed by atoms with E-state index in [-0.39, 0.29) is 0 Å². The Morgan fingerprint density at radius 2 is 2.29 bits per heavy atom. The molecule has 6 nitrogen and oxygen atoms in total. The number of nitrogens with zero attached hydrogens (tertiary/aromatic N) is 3. The second-order valence-electron chi connectivity index (χ2n) is 4.64. The van der Waals surface area contributed by atoms with Gasteiger partial charge in [-0.25, -0.2) is 4.98 Å². The number of aryl methyl sites for hydroxylation is 1. The number of ether oxygens (including phenoxy) is 1. The fraction of sp³-hybridized carbons (Fsp3) is 0.333. The Hall–Kier alpha value is -2.34. The number of guanidine groups is 1. The highest BCUT2D eigenvalue weighted by atomic mass is 16.5. The minimum absolute atomic E-state index is 0.421. The predicted octanol–water partition coefficient (Wildman–Crippen LogP) is 1.85. The molecular formula is C15H21N5O. The van der Waals surface area contributed by atoms with Gasteiger partial charge in [-0.1, -0.05) is 18.2 Å². The van der Waals surface area contributed by atoms with E-state index < -0.39 is 0 Å². The van der Waals surface area contributed by atoms with Crippen molar-refractivity contribution in [1.82, 2.24) is 9.55 Å². The Labute approximate surface area is 124 Å². The van der Waals surface area contributed by atoms with Crippen molar-refractivity contribution < 1.29 is 4.74 Å². The third kappa shape index (κ3) is 4.92. The van der Waals surface area contributed by atoms with Crippen LogP contribution in [0.4, 0.5) is 5.69 Å². The maximum absolute atomic E-state index is 5.91. The second-order valence-corrected chi connectivity index (χ2v) is 4.64. The standard InChI is InChI=1S/C15H21N5O/c1-21-11-13-5-2-3-6-14(13)19-15(16)18-7-4-9-20-10-8-17-12-20/h2-3,5-6,8,10,12H,4,7,9,11H2,1H3,(H3,16,18,19). The number of nitrogens with two attached hydrogens (primary N) is 1. The molecule has 0 aliphatic heterocycles. The summed E-state index contributed by atoms with van der Waals surface area (Å²) in [6.07, 6.45) is 6.42. The van der Waals surface area contributed by atoms with Crippen LogP contribution in [0, 0.1) is 0 Å². The Morgan fingerprint density at radius 3 is 3.05 bits per heavy atom. The highest BCUT2D eigenvalue weighted by Gasteiger charge is 2.02. The third-order valence-corrected chi connectivity index (χ3v) is 3.00. The number of hydrogen-bond donors (Lipinski definition) is 2. The molecule has 21 heavy (non-hydrogen) atoms. The predicted molar refractivity (Wildman–Crippen MR) is 84.1 cm³/mol. The van der Waals surface area contributed by atoms with Crippen LogP contribution in [0.3, 0.4) is 0 Å². The van der Waals surface area contributed by atoms with E-state index in [2.05, 4.69) is 15.3 Å². The van der Waals surface area contributed by atoms with Gasteiger partial charge >= 0.3 is 0 Å². The fourth-order valence-electron chi connectivity index (χ4n) is 1.97. The number of hydrogen-bond acceptors (Lipinski definition) is 3. The minimum atomic E-state index is 0.421. The molecule has 6 heteroatoms. The van der Waals surface area contributed by atoms with Gasteiger partial charge in [-0.15, -0.1) is 0 Å². The molecule has 0 saturated heterocycles. The quantitative estimate of drug-likeness (QED) is 0.463. The Balaban J connectivity index is 1.83. The Bertz CT molecular complexity index is 565. The lowest BCUT2D eigenvalue weighted by Gasteiger charge is -2.10. The molecule has 0 unspecified atom stereocenters. The molecule has 0 aliphatic rings. The number of anilines is 1. The van der Waals surface area contributed by atoms with Gasteiger partial charge in [0.2, 0.25) is 0 Å². The molecule has 0 radical (unpaired) electrons. The van der Waals surface area contributed by atoms with Gasteiger partial charge in [0, 0.05) is 43.8 Å². The maximum Gasteiger partial charge on any atom is 0.193 e. The van der Waals surface area contributed by atoms with Crippen LogP contribution in [0.5, 0.6) is 0 Å². The topological polar surface area (TPSA) is 77.5 Å². The van der Waals surface area contributed by atoms with E-state index in [9.17, 15) is 0 Å². The zero-order valence-electron chi connectivity index (χ0n) is 12.2. The lowest BCUT2D eigenvalue weighted by molar-refractivity contribution is 0.185. The lowest BCUT2D eigenvalue weighted by Crippen LogP contribution is -2.23. The van der Waals surface area contributed by atoms with Gasteiger partial charge in [-0.2, -0.15) is 0 Å². The molecule has 0 spiro atoms. The molecule has 1 heterocycles. The summed E-state index contributed by atoms with van der Waals surface area (Å²) in [6.45, 7) is 2.09. The maximum atomic E-state index is 5.91. The number of rotatable bonds is 7. The first kappa shape index (κ1) is 15.1. The summed E-state index contributed by atoms with van der Waals surface area (Å²) in [5, 5.41) is 3.12. The normalized spacial score (nSPS) is 11.6. The summed E-state index contributed by atoms with van der Waals surface area (Å²) in [6, 6.07) is 7.88. The van der Waals surface area contributed by atoms with Crippen molar-refractivity contribution in [2.75, 3.05) is 19.0 Å². The third-order valence-electron chi connectivity index (χ3n) is 3.00. The van der Waals surface area contributed by atoms with Gasteiger partial charge in [0.15, 0.2) is 5.96 Å². The van der Waals surface area contributed by atoms with Crippen LogP contribution in [0.1, 0.15) is 12.0 Å². The first-order valence-electron chi connectivity index (χ1n) is 6.89. The van der Waals surface area contributed by atoms with E-state index in [1.807, 2.05) is 35.0 Å². The number of aliphatic imine (C=N–C) groups is 1. The van der Waals surface area contributed by atoms with Crippen LogP contribution in [-0.4, -0.2) is 29.2 Å². The first-order chi connectivity index (χ1) is 10.3. The van der Waals surface area contributed by atoms with Gasteiger partial charge < -0.3 is 20.4 Å². The first-order valence-corrected chi connectivity index (χ1v) is 6.89. The van der Waals surface area contributed by atoms with Crippen molar-refractivity contribution >= 4 is 11.6 Å². The van der Waals surface area contributed by atoms with Crippen molar-refractivity contribution in [3.05, 3.63) is 48.5 Å². The van der Waals surface area contributed by atoms with Crippen LogP contribution < -0.4 is 11.1 Å². The van der Waals surface area contributed by atoms with Gasteiger partial charge in [-0.05, 0) is 12.5 Å². The van der Waals surface area contributed by atoms with E-state index in [1.54, 1.807) is 19.6 Å². The smallest absolute Gasteiger partial charge is 0.193 e. The van der Waals surface area contributed by atoms with Gasteiger partial charge in [0.1, 0.15) is 0 Å². The van der Waals surface area contributed by atoms with E-state index >= 15 is 0 Å². The molecular weight excluding hydrogens is 266 g/mol. The van der Waals surface area contributed by atoms with E-state index in [4.69, 9.17) is 10.5 Å². The molecule has 0 saturated carbocycles. The molecule has 0 atom stereocenters. The molecule has 0 aliphatic carbocycles. The largest absolute Gasteiger partial charge is 0.380 e. The van der Waals surface area contributed by atoms with Crippen molar-refractivity contribution in [2.45, 2.75) is 19.6 Å². The second kappa shape index (κ2) is 8.06. The van der Waals surface area contributed by atoms with Gasteiger partial charge in [0.05, 0.1) is 12.9 Å². The summed E-state index contributed by atoms with van der Waals surface area (Å²) < 4.78 is 7.18. The average molecular weight is 287 g/mol. The molecule has 0 bridgehead atoms. The molecule has 1 aromatic heterocycles. The number of imidazole rings is 1. The Kier molecular flexibility index (Phi) is 5.78. The summed E-state index contributed by atoms with van der Waals surface area (Å²) in [7, 11) is 1.67. The highest BCUT2D eigenvalue weighted by Crippen LogP contribution is 2.15. The van der Waals surface area contributed by atoms with Crippen LogP contribution in [0.25, 0.3) is 0 Å². The molecule has 2 rings (SSSR count). The SMILES string of the molecule is COCc1ccccc1NC(N)=NCCCn1ccnc1. The number of nitrogens with one attached hydrogen (secondary N) is 1. The molecule has 0 amide bonds. The zero-order valence-corrected chi connectivity index (χ0v) is 12.2. The van der Waals surface area contributed by atoms with Crippen LogP contribution in [0.15, 0.2) is 48.0 Å². The minimum Gasteiger partial charge on any atom is -0.380 e. The molecule has 3 N–H and O–H groups in total. The van der Waals surface area contributed by atoms with Gasteiger partial charge in [-0.3, -0.25) is 4.99 Å². The van der Waals surface area contributed by atoms with E-state index in [0.717, 1.165) is 24.2 Å². The molecule has 1 aromatic carbocycles. The molecule has 112 valence electrons. The van der Waals surface area contributed by atoms with Crippen LogP contribution in [-0.2, 0) is 17.9 Å². The van der Waals surface area contributed by atoms with Crippen molar-refractivity contribution in [1.29, 1.82) is 0 Å². The molecule has 2 aromatic rings. The summed E-state index contributed by atoms with van der Waals surface area (Å²) >= 11 is 0. The van der Waals surface area contributed by atoms with Crippen molar-refractivity contribution in [2.24, 2.45) is 10.7 Å². The monoisotopic (exact) mass is 287 g/mol. The van der Waals surface area contributed by atoms with Crippen LogP contribution >= 0.6 is 0 Å².